The van der Waals surface area contributed by atoms with E-state index < -0.39 is 15.7 Å². The Kier molecular flexibility index (Phi) is 3.72. The molecule has 0 radical (unpaired) electrons. The zero-order chi connectivity index (χ0) is 16.0. The molecule has 5 nitrogen and oxygen atoms in total. The van der Waals surface area contributed by atoms with Gasteiger partial charge in [-0.15, -0.1) is 0 Å². The number of carbonyl (C=O) groups excluding carboxylic acids is 1. The molecule has 0 aromatic heterocycles. The van der Waals surface area contributed by atoms with Crippen molar-refractivity contribution < 1.29 is 17.6 Å². The number of nitrogens with zero attached hydrogens (tertiary/aromatic N) is 1. The zero-order valence-electron chi connectivity index (χ0n) is 12.4. The van der Waals surface area contributed by atoms with Crippen molar-refractivity contribution in [1.82, 2.24) is 5.32 Å². The summed E-state index contributed by atoms with van der Waals surface area (Å²) in [7, 11) is -3.60. The standard InChI is InChI=1S/C15H19FN2O3S/c1-22(20,21)13-3-2-11(8-12(13)16)18-10-15(9-14(18)19)4-6-17-7-5-15/h2-3,8,17H,4-7,9-10H2,1H3. The van der Waals surface area contributed by atoms with Crippen LogP contribution in [0.5, 0.6) is 0 Å². The first-order valence-corrected chi connectivity index (χ1v) is 9.21. The third-order valence-corrected chi connectivity index (χ3v) is 5.74. The summed E-state index contributed by atoms with van der Waals surface area (Å²) in [6.45, 7) is 2.36. The van der Waals surface area contributed by atoms with E-state index in [0.29, 0.717) is 18.7 Å². The number of hydrogen-bond acceptors (Lipinski definition) is 4. The molecule has 0 bridgehead atoms. The second kappa shape index (κ2) is 5.31. The van der Waals surface area contributed by atoms with Crippen LogP contribution in [0.3, 0.4) is 0 Å². The average molecular weight is 326 g/mol. The van der Waals surface area contributed by atoms with Crippen molar-refractivity contribution in [3.63, 3.8) is 0 Å². The highest BCUT2D eigenvalue weighted by Crippen LogP contribution is 2.41. The first-order valence-electron chi connectivity index (χ1n) is 7.32. The molecule has 2 saturated heterocycles. The molecule has 22 heavy (non-hydrogen) atoms. The van der Waals surface area contributed by atoms with Crippen LogP contribution in [0.1, 0.15) is 19.3 Å². The van der Waals surface area contributed by atoms with Crippen LogP contribution in [-0.4, -0.2) is 40.2 Å². The zero-order valence-corrected chi connectivity index (χ0v) is 13.2. The van der Waals surface area contributed by atoms with Gasteiger partial charge in [0.1, 0.15) is 10.7 Å². The number of hydrogen-bond donors (Lipinski definition) is 1. The fourth-order valence-electron chi connectivity index (χ4n) is 3.38. The maximum atomic E-state index is 14.0. The van der Waals surface area contributed by atoms with Gasteiger partial charge < -0.3 is 10.2 Å². The SMILES string of the molecule is CS(=O)(=O)c1ccc(N2CC3(CCNCC3)CC2=O)cc1F. The van der Waals surface area contributed by atoms with E-state index >= 15 is 0 Å². The number of nitrogens with one attached hydrogen (secondary N) is 1. The van der Waals surface area contributed by atoms with Crippen LogP contribution in [0.4, 0.5) is 10.1 Å². The van der Waals surface area contributed by atoms with E-state index in [1.54, 1.807) is 4.90 Å². The summed E-state index contributed by atoms with van der Waals surface area (Å²) in [4.78, 5) is 13.6. The van der Waals surface area contributed by atoms with Crippen LogP contribution < -0.4 is 10.2 Å². The van der Waals surface area contributed by atoms with Crippen LogP contribution in [-0.2, 0) is 14.6 Å². The van der Waals surface area contributed by atoms with Crippen molar-refractivity contribution in [1.29, 1.82) is 0 Å². The Balaban J connectivity index is 1.89. The van der Waals surface area contributed by atoms with Gasteiger partial charge in [0.2, 0.25) is 5.91 Å². The van der Waals surface area contributed by atoms with Crippen LogP contribution in [0.2, 0.25) is 0 Å². The van der Waals surface area contributed by atoms with Gasteiger partial charge in [0, 0.05) is 24.9 Å². The summed E-state index contributed by atoms with van der Waals surface area (Å²) in [5, 5.41) is 3.28. The topological polar surface area (TPSA) is 66.5 Å². The van der Waals surface area contributed by atoms with E-state index in [0.717, 1.165) is 38.3 Å². The van der Waals surface area contributed by atoms with Gasteiger partial charge in [-0.2, -0.15) is 0 Å². The molecule has 1 amide bonds. The third kappa shape index (κ3) is 2.75. The summed E-state index contributed by atoms with van der Waals surface area (Å²) < 4.78 is 37.0. The smallest absolute Gasteiger partial charge is 0.227 e. The molecule has 2 fully saturated rings. The Morgan fingerprint density at radius 1 is 1.27 bits per heavy atom. The normalized spacial score (nSPS) is 21.5. The van der Waals surface area contributed by atoms with Gasteiger partial charge in [0.05, 0.1) is 0 Å². The molecule has 0 aliphatic carbocycles. The molecule has 0 saturated carbocycles. The Morgan fingerprint density at radius 2 is 1.95 bits per heavy atom. The molecule has 2 aliphatic heterocycles. The summed E-state index contributed by atoms with van der Waals surface area (Å²) in [6.07, 6.45) is 3.30. The summed E-state index contributed by atoms with van der Waals surface area (Å²) in [5.74, 6) is -0.826. The van der Waals surface area contributed by atoms with Gasteiger partial charge in [-0.3, -0.25) is 4.79 Å². The summed E-state index contributed by atoms with van der Waals surface area (Å²) in [5.41, 5.74) is 0.402. The lowest BCUT2D eigenvalue weighted by molar-refractivity contribution is -0.117. The lowest BCUT2D eigenvalue weighted by Gasteiger charge is -2.33. The number of sulfone groups is 1. The predicted octanol–water partition coefficient (Wildman–Crippen LogP) is 1.34. The molecule has 120 valence electrons. The molecule has 2 aliphatic rings. The quantitative estimate of drug-likeness (QED) is 0.890. The minimum absolute atomic E-state index is 0.0200. The lowest BCUT2D eigenvalue weighted by Crippen LogP contribution is -2.38. The molecule has 1 aromatic carbocycles. The second-order valence-corrected chi connectivity index (χ2v) is 8.28. The minimum atomic E-state index is -3.60. The molecule has 3 rings (SSSR count). The van der Waals surface area contributed by atoms with Crippen molar-refractivity contribution in [2.24, 2.45) is 5.41 Å². The van der Waals surface area contributed by atoms with Crippen LogP contribution >= 0.6 is 0 Å². The van der Waals surface area contributed by atoms with E-state index in [4.69, 9.17) is 0 Å². The Morgan fingerprint density at radius 3 is 2.55 bits per heavy atom. The number of rotatable bonds is 2. The molecular weight excluding hydrogens is 307 g/mol. The van der Waals surface area contributed by atoms with Gasteiger partial charge in [-0.05, 0) is 49.5 Å². The Labute approximate surface area is 129 Å². The minimum Gasteiger partial charge on any atom is -0.317 e. The number of benzene rings is 1. The van der Waals surface area contributed by atoms with Gasteiger partial charge in [-0.1, -0.05) is 0 Å². The highest BCUT2D eigenvalue weighted by Gasteiger charge is 2.44. The van der Waals surface area contributed by atoms with Crippen molar-refractivity contribution >= 4 is 21.4 Å². The molecule has 0 unspecified atom stereocenters. The number of halogens is 1. The van der Waals surface area contributed by atoms with Gasteiger partial charge in [-0.25, -0.2) is 12.8 Å². The van der Waals surface area contributed by atoms with Gasteiger partial charge in [0.25, 0.3) is 0 Å². The van der Waals surface area contributed by atoms with Crippen LogP contribution in [0.25, 0.3) is 0 Å². The summed E-state index contributed by atoms with van der Waals surface area (Å²) >= 11 is 0. The molecule has 2 heterocycles. The maximum absolute atomic E-state index is 14.0. The summed E-state index contributed by atoms with van der Waals surface area (Å²) in [6, 6.07) is 3.90. The van der Waals surface area contributed by atoms with Crippen LogP contribution in [0.15, 0.2) is 23.1 Å². The van der Waals surface area contributed by atoms with Crippen molar-refractivity contribution in [3.8, 4) is 0 Å². The highest BCUT2D eigenvalue weighted by molar-refractivity contribution is 7.90. The first-order chi connectivity index (χ1) is 10.3. The van der Waals surface area contributed by atoms with Crippen molar-refractivity contribution in [2.75, 3.05) is 30.8 Å². The first kappa shape index (κ1) is 15.4. The van der Waals surface area contributed by atoms with E-state index in [1.165, 1.54) is 12.1 Å². The molecular formula is C15H19FN2O3S. The highest BCUT2D eigenvalue weighted by atomic mass is 32.2. The molecule has 1 spiro atoms. The monoisotopic (exact) mass is 326 g/mol. The second-order valence-electron chi connectivity index (χ2n) is 6.29. The molecule has 1 N–H and O–H groups in total. The van der Waals surface area contributed by atoms with E-state index in [1.807, 2.05) is 0 Å². The number of amides is 1. The van der Waals surface area contributed by atoms with E-state index in [9.17, 15) is 17.6 Å². The number of carbonyl (C=O) groups is 1. The van der Waals surface area contributed by atoms with E-state index in [-0.39, 0.29) is 16.2 Å². The Hall–Kier alpha value is -1.47. The van der Waals surface area contributed by atoms with E-state index in [2.05, 4.69) is 5.32 Å². The van der Waals surface area contributed by atoms with Crippen molar-refractivity contribution in [3.05, 3.63) is 24.0 Å². The van der Waals surface area contributed by atoms with Crippen molar-refractivity contribution in [2.45, 2.75) is 24.2 Å². The third-order valence-electron chi connectivity index (χ3n) is 4.61. The van der Waals surface area contributed by atoms with Gasteiger partial charge in [0.15, 0.2) is 9.84 Å². The molecule has 7 heteroatoms. The lowest BCUT2D eigenvalue weighted by atomic mass is 9.78. The molecule has 0 atom stereocenters. The van der Waals surface area contributed by atoms with Gasteiger partial charge >= 0.3 is 0 Å². The van der Waals surface area contributed by atoms with Crippen LogP contribution in [0, 0.1) is 11.2 Å². The fraction of sp³-hybridized carbons (Fsp3) is 0.533. The molecule has 1 aromatic rings. The Bertz CT molecular complexity index is 711. The maximum Gasteiger partial charge on any atom is 0.227 e. The largest absolute Gasteiger partial charge is 0.317 e. The predicted molar refractivity (Wildman–Crippen MR) is 81.0 cm³/mol. The number of anilines is 1. The average Bonchev–Trinajstić information content (AvgIpc) is 2.74. The number of piperidine rings is 1. The fourth-order valence-corrected chi connectivity index (χ4v) is 4.11.